The van der Waals surface area contributed by atoms with E-state index in [-0.39, 0.29) is 17.6 Å². The minimum atomic E-state index is -1.63. The molecule has 1 rings (SSSR count). The fourth-order valence-corrected chi connectivity index (χ4v) is 5.84. The molecule has 342 valence electrons. The van der Waals surface area contributed by atoms with Crippen LogP contribution in [0.5, 0.6) is 0 Å². The van der Waals surface area contributed by atoms with Crippen molar-refractivity contribution in [1.82, 2.24) is 0 Å². The zero-order chi connectivity index (χ0) is 46.1. The molecule has 0 radical (unpaired) electrons. The summed E-state index contributed by atoms with van der Waals surface area (Å²) in [6.07, 6.45) is 38.9. The van der Waals surface area contributed by atoms with Crippen LogP contribution in [0.15, 0.2) is 143 Å². The van der Waals surface area contributed by atoms with Gasteiger partial charge in [0.15, 0.2) is 6.10 Å². The molecule has 0 aromatic heterocycles. The lowest BCUT2D eigenvalue weighted by molar-refractivity contribution is -0.295. The molecule has 4 N–H and O–H groups in total. The molecule has 0 aromatic carbocycles. The average Bonchev–Trinajstić information content (AvgIpc) is 3.23. The van der Waals surface area contributed by atoms with Gasteiger partial charge in [0.25, 0.3) is 0 Å². The third-order valence-electron chi connectivity index (χ3n) is 9.79. The van der Waals surface area contributed by atoms with Crippen molar-refractivity contribution in [2.45, 2.75) is 156 Å². The van der Waals surface area contributed by atoms with Crippen LogP contribution in [0.3, 0.4) is 0 Å². The van der Waals surface area contributed by atoms with E-state index in [4.69, 9.17) is 19.3 Å². The maximum atomic E-state index is 13.0. The second kappa shape index (κ2) is 33.7. The Morgan fingerprint density at radius 3 is 1.52 bits per heavy atom. The molecule has 0 aromatic rings. The molecule has 1 fully saturated rings. The van der Waals surface area contributed by atoms with Gasteiger partial charge >= 0.3 is 17.9 Å². The van der Waals surface area contributed by atoms with E-state index in [1.165, 1.54) is 25.7 Å². The Kier molecular flexibility index (Phi) is 30.0. The highest BCUT2D eigenvalue weighted by Gasteiger charge is 2.48. The standard InChI is InChI=1S/C52H74O10/c1-8-9-10-11-12-13-14-15-16-17-18-19-20-37-46(54)61-49-48(56)47(55)45(38-53)60-52(49)62-51(59)44(7)36-26-34-42(5)32-24-30-40(3)28-22-21-27-39(2)29-23-31-41(4)33-25-35-43(6)50(57)58/h13-14,21-36,45,47-49,52-53,55-56H,8-12,15-20,37-38H2,1-7H3,(H,57,58). The topological polar surface area (TPSA) is 160 Å². The number of aliphatic hydroxyl groups is 3. The van der Waals surface area contributed by atoms with Crippen molar-refractivity contribution >= 4 is 17.9 Å². The summed E-state index contributed by atoms with van der Waals surface area (Å²) >= 11 is 0. The van der Waals surface area contributed by atoms with Gasteiger partial charge in [0.1, 0.15) is 18.3 Å². The Morgan fingerprint density at radius 1 is 0.565 bits per heavy atom. The first-order valence-electron chi connectivity index (χ1n) is 22.0. The smallest absolute Gasteiger partial charge is 0.336 e. The summed E-state index contributed by atoms with van der Waals surface area (Å²) in [5.41, 5.74) is 4.52. The lowest BCUT2D eigenvalue weighted by Gasteiger charge is -2.40. The Hall–Kier alpha value is -4.87. The number of aliphatic carboxylic acids is 1. The van der Waals surface area contributed by atoms with Crippen LogP contribution in [0.1, 0.15) is 126 Å². The van der Waals surface area contributed by atoms with Crippen molar-refractivity contribution in [1.29, 1.82) is 0 Å². The number of carboxylic acid groups (broad SMARTS) is 1. The number of allylic oxidation sites excluding steroid dienone is 22. The first-order chi connectivity index (χ1) is 29.7. The van der Waals surface area contributed by atoms with Crippen molar-refractivity contribution < 1.29 is 49.0 Å². The fourth-order valence-electron chi connectivity index (χ4n) is 5.84. The SMILES string of the molecule is CCCCCCC=CCCCCCCCC(=O)OC1C(OC(=O)C(C)=CC=CC(C)=CC=CC(C)=CC=CC=C(C)C=CC=C(C)C=CC=C(C)C(=O)O)OC(CO)C(O)C1O. The number of hydrogen-bond donors (Lipinski definition) is 4. The van der Waals surface area contributed by atoms with Crippen molar-refractivity contribution in [3.63, 3.8) is 0 Å². The van der Waals surface area contributed by atoms with E-state index in [1.54, 1.807) is 38.2 Å². The maximum absolute atomic E-state index is 13.0. The lowest BCUT2D eigenvalue weighted by atomic mass is 9.99. The zero-order valence-corrected chi connectivity index (χ0v) is 38.2. The van der Waals surface area contributed by atoms with Gasteiger partial charge in [0, 0.05) is 17.6 Å². The van der Waals surface area contributed by atoms with Crippen molar-refractivity contribution in [3.8, 4) is 0 Å². The van der Waals surface area contributed by atoms with E-state index in [1.807, 2.05) is 101 Å². The number of aliphatic hydroxyl groups excluding tert-OH is 3. The molecule has 1 heterocycles. The van der Waals surface area contributed by atoms with Gasteiger partial charge < -0.3 is 34.6 Å². The molecule has 5 atom stereocenters. The van der Waals surface area contributed by atoms with Gasteiger partial charge in [0.2, 0.25) is 6.29 Å². The highest BCUT2D eigenvalue weighted by molar-refractivity contribution is 5.88. The quantitative estimate of drug-likeness (QED) is 0.0196. The van der Waals surface area contributed by atoms with Crippen molar-refractivity contribution in [3.05, 3.63) is 143 Å². The van der Waals surface area contributed by atoms with E-state index in [0.29, 0.717) is 6.42 Å². The van der Waals surface area contributed by atoms with Gasteiger partial charge in [-0.2, -0.15) is 0 Å². The molecule has 10 nitrogen and oxygen atoms in total. The molecule has 1 aliphatic rings. The van der Waals surface area contributed by atoms with Gasteiger partial charge in [-0.1, -0.05) is 177 Å². The lowest BCUT2D eigenvalue weighted by Crippen LogP contribution is -2.60. The van der Waals surface area contributed by atoms with E-state index in [9.17, 15) is 29.7 Å². The summed E-state index contributed by atoms with van der Waals surface area (Å²) < 4.78 is 16.6. The summed E-state index contributed by atoms with van der Waals surface area (Å²) in [5, 5.41) is 39.8. The van der Waals surface area contributed by atoms with E-state index < -0.39 is 55.2 Å². The first kappa shape index (κ1) is 55.1. The van der Waals surface area contributed by atoms with Gasteiger partial charge in [0.05, 0.1) is 6.61 Å². The number of hydrogen-bond acceptors (Lipinski definition) is 9. The van der Waals surface area contributed by atoms with Crippen LogP contribution in [0.25, 0.3) is 0 Å². The predicted octanol–water partition coefficient (Wildman–Crippen LogP) is 10.7. The zero-order valence-electron chi connectivity index (χ0n) is 38.2. The minimum Gasteiger partial charge on any atom is -0.478 e. The third-order valence-corrected chi connectivity index (χ3v) is 9.79. The molecule has 1 aliphatic heterocycles. The van der Waals surface area contributed by atoms with E-state index in [2.05, 4.69) is 19.1 Å². The normalized spacial score (nSPS) is 21.5. The van der Waals surface area contributed by atoms with Gasteiger partial charge in [-0.05, 0) is 73.6 Å². The molecule has 62 heavy (non-hydrogen) atoms. The first-order valence-corrected chi connectivity index (χ1v) is 22.0. The van der Waals surface area contributed by atoms with Crippen molar-refractivity contribution in [2.24, 2.45) is 0 Å². The summed E-state index contributed by atoms with van der Waals surface area (Å²) in [6.45, 7) is 12.5. The summed E-state index contributed by atoms with van der Waals surface area (Å²) in [4.78, 5) is 36.6. The van der Waals surface area contributed by atoms with Crippen LogP contribution in [0.2, 0.25) is 0 Å². The highest BCUT2D eigenvalue weighted by atomic mass is 16.7. The molecule has 1 saturated heterocycles. The predicted molar refractivity (Wildman–Crippen MR) is 250 cm³/mol. The summed E-state index contributed by atoms with van der Waals surface area (Å²) in [5.74, 6) is -2.31. The second-order valence-corrected chi connectivity index (χ2v) is 15.7. The number of esters is 2. The summed E-state index contributed by atoms with van der Waals surface area (Å²) in [7, 11) is 0. The summed E-state index contributed by atoms with van der Waals surface area (Å²) in [6, 6.07) is 0. The Morgan fingerprint density at radius 2 is 1.02 bits per heavy atom. The Bertz CT molecular complexity index is 1740. The second-order valence-electron chi connectivity index (χ2n) is 15.7. The maximum Gasteiger partial charge on any atom is 0.336 e. The van der Waals surface area contributed by atoms with Crippen LogP contribution < -0.4 is 0 Å². The van der Waals surface area contributed by atoms with Gasteiger partial charge in [-0.25, -0.2) is 9.59 Å². The highest BCUT2D eigenvalue weighted by Crippen LogP contribution is 2.26. The molecule has 0 aliphatic carbocycles. The van der Waals surface area contributed by atoms with Gasteiger partial charge in [-0.3, -0.25) is 4.79 Å². The fraction of sp³-hybridized carbons (Fsp3) is 0.481. The largest absolute Gasteiger partial charge is 0.478 e. The van der Waals surface area contributed by atoms with Crippen LogP contribution in [-0.2, 0) is 28.6 Å². The van der Waals surface area contributed by atoms with Crippen LogP contribution >= 0.6 is 0 Å². The number of carboxylic acids is 1. The molecule has 5 unspecified atom stereocenters. The minimum absolute atomic E-state index is 0.105. The Balaban J connectivity index is 2.66. The van der Waals surface area contributed by atoms with E-state index in [0.717, 1.165) is 60.8 Å². The van der Waals surface area contributed by atoms with E-state index >= 15 is 0 Å². The molecule has 0 saturated carbocycles. The molecule has 0 bridgehead atoms. The average molecular weight is 859 g/mol. The van der Waals surface area contributed by atoms with Crippen molar-refractivity contribution in [2.75, 3.05) is 6.61 Å². The number of unbranched alkanes of at least 4 members (excludes halogenated alkanes) is 9. The van der Waals surface area contributed by atoms with Crippen LogP contribution in [0, 0.1) is 0 Å². The molecule has 0 amide bonds. The van der Waals surface area contributed by atoms with Gasteiger partial charge in [-0.15, -0.1) is 0 Å². The van der Waals surface area contributed by atoms with Crippen LogP contribution in [0.4, 0.5) is 0 Å². The monoisotopic (exact) mass is 859 g/mol. The third kappa shape index (κ3) is 25.8. The number of carbonyl (C=O) groups is 3. The Labute approximate surface area is 371 Å². The number of rotatable bonds is 28. The van der Waals surface area contributed by atoms with Crippen LogP contribution in [-0.4, -0.2) is 75.6 Å². The molecule has 10 heteroatoms. The molecular weight excluding hydrogens is 785 g/mol. The number of carbonyl (C=O) groups excluding carboxylic acids is 2. The molecule has 0 spiro atoms. The molecular formula is C52H74O10. The number of ether oxygens (including phenoxy) is 3.